The van der Waals surface area contributed by atoms with Crippen molar-refractivity contribution < 1.29 is 14.2 Å². The van der Waals surface area contributed by atoms with E-state index in [1.807, 2.05) is 18.2 Å². The number of hydrogen-bond acceptors (Lipinski definition) is 2. The molecule has 2 aromatic rings. The Morgan fingerprint density at radius 3 is 2.67 bits per heavy atom. The Morgan fingerprint density at radius 1 is 1.17 bits per heavy atom. The fraction of sp³-hybridized carbons (Fsp3) is 0.143. The highest BCUT2D eigenvalue weighted by molar-refractivity contribution is 6.65. The zero-order valence-electron chi connectivity index (χ0n) is 10.1. The molecule has 0 saturated heterocycles. The Hall–Kier alpha value is -1.81. The van der Waals surface area contributed by atoms with E-state index >= 15 is 0 Å². The second-order valence-electron chi connectivity index (χ2n) is 4.13. The van der Waals surface area contributed by atoms with Crippen LogP contribution in [0.2, 0.25) is 6.82 Å². The van der Waals surface area contributed by atoms with Crippen LogP contribution in [0.1, 0.15) is 5.56 Å². The summed E-state index contributed by atoms with van der Waals surface area (Å²) < 4.78 is 18.6. The van der Waals surface area contributed by atoms with Gasteiger partial charge >= 0.3 is 6.92 Å². The molecule has 0 aliphatic heterocycles. The van der Waals surface area contributed by atoms with E-state index in [0.29, 0.717) is 5.75 Å². The van der Waals surface area contributed by atoms with Crippen molar-refractivity contribution in [2.45, 2.75) is 13.4 Å². The summed E-state index contributed by atoms with van der Waals surface area (Å²) in [4.78, 5) is 0. The summed E-state index contributed by atoms with van der Waals surface area (Å²) in [6, 6.07) is 13.6. The van der Waals surface area contributed by atoms with E-state index in [0.717, 1.165) is 11.0 Å². The molecule has 0 radical (unpaired) electrons. The third-order valence-corrected chi connectivity index (χ3v) is 2.65. The van der Waals surface area contributed by atoms with Crippen molar-refractivity contribution in [1.82, 2.24) is 0 Å². The standard InChI is InChI=1S/C14H14BFO2/c1-15(17)13-7-2-3-8-14(13)18-10-11-5-4-6-12(16)9-11/h2-9,17H,10H2,1H3. The molecule has 2 aromatic carbocycles. The molecule has 2 nitrogen and oxygen atoms in total. The maximum Gasteiger partial charge on any atom is 0.324 e. The summed E-state index contributed by atoms with van der Waals surface area (Å²) in [6.07, 6.45) is 0. The average molecular weight is 244 g/mol. The van der Waals surface area contributed by atoms with Gasteiger partial charge in [-0.3, -0.25) is 0 Å². The minimum absolute atomic E-state index is 0.278. The lowest BCUT2D eigenvalue weighted by Crippen LogP contribution is -2.27. The van der Waals surface area contributed by atoms with Crippen LogP contribution in [0.25, 0.3) is 0 Å². The Labute approximate surface area is 106 Å². The molecule has 4 heteroatoms. The second-order valence-corrected chi connectivity index (χ2v) is 4.13. The summed E-state index contributed by atoms with van der Waals surface area (Å²) in [5.74, 6) is 0.344. The van der Waals surface area contributed by atoms with Crippen molar-refractivity contribution in [2.24, 2.45) is 0 Å². The lowest BCUT2D eigenvalue weighted by atomic mass is 9.64. The minimum Gasteiger partial charge on any atom is -0.489 e. The van der Waals surface area contributed by atoms with Crippen molar-refractivity contribution in [3.8, 4) is 5.75 Å². The lowest BCUT2D eigenvalue weighted by Gasteiger charge is -2.11. The molecule has 0 fully saturated rings. The first-order valence-corrected chi connectivity index (χ1v) is 5.81. The molecule has 0 unspecified atom stereocenters. The molecule has 0 bridgehead atoms. The first kappa shape index (κ1) is 12.6. The van der Waals surface area contributed by atoms with Gasteiger partial charge in [-0.05, 0) is 29.2 Å². The topological polar surface area (TPSA) is 29.5 Å². The van der Waals surface area contributed by atoms with Gasteiger partial charge in [0, 0.05) is 0 Å². The van der Waals surface area contributed by atoms with Crippen molar-refractivity contribution in [2.75, 3.05) is 0 Å². The van der Waals surface area contributed by atoms with Crippen LogP contribution >= 0.6 is 0 Å². The Bertz CT molecular complexity index is 529. The third kappa shape index (κ3) is 3.11. The van der Waals surface area contributed by atoms with Crippen LogP contribution in [-0.2, 0) is 6.61 Å². The molecule has 0 amide bonds. The molecule has 0 aliphatic carbocycles. The molecule has 0 aliphatic rings. The average Bonchev–Trinajstić information content (AvgIpc) is 2.37. The molecule has 0 saturated carbocycles. The predicted octanol–water partition coefficient (Wildman–Crippen LogP) is 2.23. The number of halogens is 1. The van der Waals surface area contributed by atoms with Gasteiger partial charge in [-0.25, -0.2) is 4.39 Å². The summed E-state index contributed by atoms with van der Waals surface area (Å²) in [6.45, 7) is 1.38. The van der Waals surface area contributed by atoms with Crippen LogP contribution in [0.3, 0.4) is 0 Å². The van der Waals surface area contributed by atoms with Gasteiger partial charge in [-0.2, -0.15) is 0 Å². The smallest absolute Gasteiger partial charge is 0.324 e. The van der Waals surface area contributed by atoms with E-state index in [-0.39, 0.29) is 12.4 Å². The van der Waals surface area contributed by atoms with E-state index in [2.05, 4.69) is 0 Å². The maximum atomic E-state index is 13.0. The summed E-state index contributed by atoms with van der Waals surface area (Å²) in [5.41, 5.74) is 1.49. The van der Waals surface area contributed by atoms with Crippen molar-refractivity contribution >= 4 is 12.4 Å². The molecule has 0 atom stereocenters. The SMILES string of the molecule is CB(O)c1ccccc1OCc1cccc(F)c1. The molecule has 1 N–H and O–H groups in total. The lowest BCUT2D eigenvalue weighted by molar-refractivity contribution is 0.307. The minimum atomic E-state index is -0.589. The van der Waals surface area contributed by atoms with Gasteiger partial charge in [0.15, 0.2) is 0 Å². The Kier molecular flexibility index (Phi) is 4.00. The molecule has 0 aromatic heterocycles. The number of benzene rings is 2. The summed E-state index contributed by atoms with van der Waals surface area (Å²) in [5, 5.41) is 9.61. The van der Waals surface area contributed by atoms with E-state index in [1.165, 1.54) is 12.1 Å². The zero-order valence-corrected chi connectivity index (χ0v) is 10.1. The van der Waals surface area contributed by atoms with Crippen molar-refractivity contribution in [1.29, 1.82) is 0 Å². The number of ether oxygens (including phenoxy) is 1. The van der Waals surface area contributed by atoms with E-state index in [1.54, 1.807) is 25.0 Å². The molecule has 0 spiro atoms. The summed E-state index contributed by atoms with van der Waals surface area (Å²) in [7, 11) is 0. The fourth-order valence-corrected chi connectivity index (χ4v) is 1.74. The van der Waals surface area contributed by atoms with Crippen molar-refractivity contribution in [3.05, 3.63) is 59.9 Å². The van der Waals surface area contributed by atoms with E-state index < -0.39 is 6.92 Å². The Morgan fingerprint density at radius 2 is 1.94 bits per heavy atom. The van der Waals surface area contributed by atoms with Crippen LogP contribution in [0.4, 0.5) is 4.39 Å². The van der Waals surface area contributed by atoms with Gasteiger partial charge in [0.2, 0.25) is 0 Å². The predicted molar refractivity (Wildman–Crippen MR) is 70.6 cm³/mol. The van der Waals surface area contributed by atoms with Crippen LogP contribution in [0.15, 0.2) is 48.5 Å². The van der Waals surface area contributed by atoms with Gasteiger partial charge in [0.25, 0.3) is 0 Å². The third-order valence-electron chi connectivity index (χ3n) is 2.65. The van der Waals surface area contributed by atoms with Crippen LogP contribution in [0, 0.1) is 5.82 Å². The number of rotatable bonds is 4. The van der Waals surface area contributed by atoms with Crippen molar-refractivity contribution in [3.63, 3.8) is 0 Å². The van der Waals surface area contributed by atoms with Gasteiger partial charge < -0.3 is 9.76 Å². The fourth-order valence-electron chi connectivity index (χ4n) is 1.74. The number of para-hydroxylation sites is 1. The Balaban J connectivity index is 2.11. The quantitative estimate of drug-likeness (QED) is 0.835. The first-order valence-electron chi connectivity index (χ1n) is 5.81. The van der Waals surface area contributed by atoms with Gasteiger partial charge in [0.1, 0.15) is 18.2 Å². The highest BCUT2D eigenvalue weighted by Gasteiger charge is 2.12. The van der Waals surface area contributed by atoms with E-state index in [4.69, 9.17) is 4.74 Å². The summed E-state index contributed by atoms with van der Waals surface area (Å²) >= 11 is 0. The van der Waals surface area contributed by atoms with Gasteiger partial charge in [-0.15, -0.1) is 0 Å². The second kappa shape index (κ2) is 5.69. The van der Waals surface area contributed by atoms with Crippen LogP contribution in [0.5, 0.6) is 5.75 Å². The highest BCUT2D eigenvalue weighted by Crippen LogP contribution is 2.11. The van der Waals surface area contributed by atoms with Crippen LogP contribution in [-0.4, -0.2) is 11.9 Å². The molecular formula is C14H14BFO2. The molecule has 92 valence electrons. The maximum absolute atomic E-state index is 13.0. The number of hydrogen-bond donors (Lipinski definition) is 1. The zero-order chi connectivity index (χ0) is 13.0. The van der Waals surface area contributed by atoms with E-state index in [9.17, 15) is 9.41 Å². The highest BCUT2D eigenvalue weighted by atomic mass is 19.1. The monoisotopic (exact) mass is 244 g/mol. The van der Waals surface area contributed by atoms with Crippen LogP contribution < -0.4 is 10.2 Å². The van der Waals surface area contributed by atoms with Gasteiger partial charge in [-0.1, -0.05) is 37.2 Å². The molecular weight excluding hydrogens is 230 g/mol. The first-order chi connectivity index (χ1) is 8.66. The molecule has 0 heterocycles. The molecule has 2 rings (SSSR count). The largest absolute Gasteiger partial charge is 0.489 e. The molecule has 18 heavy (non-hydrogen) atoms. The normalized spacial score (nSPS) is 10.2. The van der Waals surface area contributed by atoms with Gasteiger partial charge in [0.05, 0.1) is 0 Å².